The molecule has 0 aliphatic carbocycles. The zero-order valence-corrected chi connectivity index (χ0v) is 15.9. The second kappa shape index (κ2) is 8.87. The highest BCUT2D eigenvalue weighted by molar-refractivity contribution is 7.99. The van der Waals surface area contributed by atoms with Gasteiger partial charge in [-0.05, 0) is 24.1 Å². The summed E-state index contributed by atoms with van der Waals surface area (Å²) in [6.07, 6.45) is 0.820. The van der Waals surface area contributed by atoms with Crippen molar-refractivity contribution >= 4 is 29.3 Å². The van der Waals surface area contributed by atoms with Crippen LogP contribution in [-0.4, -0.2) is 33.0 Å². The van der Waals surface area contributed by atoms with E-state index in [4.69, 9.17) is 11.6 Å². The minimum absolute atomic E-state index is 0.0155. The lowest BCUT2D eigenvalue weighted by molar-refractivity contribution is -0.118. The summed E-state index contributed by atoms with van der Waals surface area (Å²) in [4.78, 5) is 12.0. The van der Waals surface area contributed by atoms with Crippen LogP contribution in [0.3, 0.4) is 0 Å². The molecule has 7 heteroatoms. The van der Waals surface area contributed by atoms with Crippen LogP contribution < -0.4 is 5.32 Å². The Labute approximate surface area is 161 Å². The number of carbonyl (C=O) groups excluding carboxylic acids is 1. The first-order valence-corrected chi connectivity index (χ1v) is 9.58. The number of halogens is 1. The molecule has 1 amide bonds. The normalized spacial score (nSPS) is 10.7. The first-order chi connectivity index (χ1) is 12.6. The molecule has 1 aromatic heterocycles. The van der Waals surface area contributed by atoms with Gasteiger partial charge in [0, 0.05) is 24.2 Å². The van der Waals surface area contributed by atoms with Crippen molar-refractivity contribution in [3.05, 3.63) is 65.2 Å². The summed E-state index contributed by atoms with van der Waals surface area (Å²) in [6.45, 7) is 0.621. The predicted octanol–water partition coefficient (Wildman–Crippen LogP) is 3.59. The van der Waals surface area contributed by atoms with E-state index in [1.165, 1.54) is 17.3 Å². The van der Waals surface area contributed by atoms with Crippen molar-refractivity contribution < 1.29 is 4.79 Å². The van der Waals surface area contributed by atoms with Crippen LogP contribution in [0.2, 0.25) is 5.02 Å². The number of aromatic nitrogens is 3. The molecule has 0 saturated carbocycles. The minimum atomic E-state index is -0.0155. The van der Waals surface area contributed by atoms with Crippen LogP contribution in [-0.2, 0) is 18.3 Å². The Morgan fingerprint density at radius 2 is 1.96 bits per heavy atom. The first kappa shape index (κ1) is 18.5. The number of hydrogen-bond donors (Lipinski definition) is 1. The number of carbonyl (C=O) groups is 1. The minimum Gasteiger partial charge on any atom is -0.355 e. The summed E-state index contributed by atoms with van der Waals surface area (Å²) in [5, 5.41) is 12.7. The molecule has 0 radical (unpaired) electrons. The molecule has 0 saturated heterocycles. The summed E-state index contributed by atoms with van der Waals surface area (Å²) in [5.74, 6) is 1.01. The van der Waals surface area contributed by atoms with Gasteiger partial charge >= 0.3 is 0 Å². The second-order valence-corrected chi connectivity index (χ2v) is 7.13. The van der Waals surface area contributed by atoms with Crippen LogP contribution >= 0.6 is 23.4 Å². The molecule has 0 aliphatic rings. The summed E-state index contributed by atoms with van der Waals surface area (Å²) in [6, 6.07) is 17.6. The molecule has 3 rings (SSSR count). The molecule has 0 bridgehead atoms. The molecular formula is C19H19ClN4OS. The SMILES string of the molecule is Cn1c(SCC(=O)NCCc2ccccc2)nnc1-c1cccc(Cl)c1. The Bertz CT molecular complexity index is 882. The van der Waals surface area contributed by atoms with Crippen molar-refractivity contribution in [2.24, 2.45) is 7.05 Å². The van der Waals surface area contributed by atoms with Crippen molar-refractivity contribution in [2.45, 2.75) is 11.6 Å². The summed E-state index contributed by atoms with van der Waals surface area (Å²) in [7, 11) is 1.88. The fourth-order valence-electron chi connectivity index (χ4n) is 2.49. The van der Waals surface area contributed by atoms with Crippen LogP contribution in [0.4, 0.5) is 0 Å². The van der Waals surface area contributed by atoms with E-state index < -0.39 is 0 Å². The maximum absolute atomic E-state index is 12.0. The van der Waals surface area contributed by atoms with Crippen LogP contribution in [0.1, 0.15) is 5.56 Å². The summed E-state index contributed by atoms with van der Waals surface area (Å²) < 4.78 is 1.87. The van der Waals surface area contributed by atoms with Gasteiger partial charge in [-0.15, -0.1) is 10.2 Å². The quantitative estimate of drug-likeness (QED) is 0.630. The molecule has 0 fully saturated rings. The number of nitrogens with one attached hydrogen (secondary N) is 1. The number of hydrogen-bond acceptors (Lipinski definition) is 4. The lowest BCUT2D eigenvalue weighted by Crippen LogP contribution is -2.27. The topological polar surface area (TPSA) is 59.8 Å². The van der Waals surface area contributed by atoms with Gasteiger partial charge in [-0.25, -0.2) is 0 Å². The van der Waals surface area contributed by atoms with Crippen LogP contribution in [0.25, 0.3) is 11.4 Å². The standard InChI is InChI=1S/C19H19ClN4OS/c1-24-18(15-8-5-9-16(20)12-15)22-23-19(24)26-13-17(25)21-11-10-14-6-3-2-4-7-14/h2-9,12H,10-11,13H2,1H3,(H,21,25). The Morgan fingerprint density at radius 3 is 2.73 bits per heavy atom. The largest absolute Gasteiger partial charge is 0.355 e. The van der Waals surface area contributed by atoms with Gasteiger partial charge in [-0.2, -0.15) is 0 Å². The molecule has 5 nitrogen and oxygen atoms in total. The Hall–Kier alpha value is -2.31. The average Bonchev–Trinajstić information content (AvgIpc) is 3.01. The van der Waals surface area contributed by atoms with E-state index >= 15 is 0 Å². The molecule has 1 heterocycles. The van der Waals surface area contributed by atoms with Gasteiger partial charge in [-0.1, -0.05) is 65.8 Å². The molecule has 134 valence electrons. The fourth-order valence-corrected chi connectivity index (χ4v) is 3.42. The molecule has 0 aliphatic heterocycles. The van der Waals surface area contributed by atoms with Gasteiger partial charge < -0.3 is 9.88 Å². The third-order valence-electron chi connectivity index (χ3n) is 3.83. The second-order valence-electron chi connectivity index (χ2n) is 5.75. The number of nitrogens with zero attached hydrogens (tertiary/aromatic N) is 3. The Balaban J connectivity index is 1.51. The smallest absolute Gasteiger partial charge is 0.230 e. The molecule has 1 N–H and O–H groups in total. The van der Waals surface area contributed by atoms with Gasteiger partial charge in [0.2, 0.25) is 5.91 Å². The third kappa shape index (κ3) is 4.86. The number of benzene rings is 2. The van der Waals surface area contributed by atoms with Gasteiger partial charge in [0.25, 0.3) is 0 Å². The number of amides is 1. The third-order valence-corrected chi connectivity index (χ3v) is 5.08. The van der Waals surface area contributed by atoms with Crippen molar-refractivity contribution in [3.63, 3.8) is 0 Å². The van der Waals surface area contributed by atoms with Gasteiger partial charge in [-0.3, -0.25) is 4.79 Å². The van der Waals surface area contributed by atoms with Crippen LogP contribution in [0.15, 0.2) is 59.8 Å². The van der Waals surface area contributed by atoms with Gasteiger partial charge in [0.15, 0.2) is 11.0 Å². The van der Waals surface area contributed by atoms with Gasteiger partial charge in [0.1, 0.15) is 0 Å². The van der Waals surface area contributed by atoms with Crippen molar-refractivity contribution in [3.8, 4) is 11.4 Å². The zero-order valence-electron chi connectivity index (χ0n) is 14.4. The van der Waals surface area contributed by atoms with Crippen molar-refractivity contribution in [1.82, 2.24) is 20.1 Å². The van der Waals surface area contributed by atoms with E-state index in [0.29, 0.717) is 22.5 Å². The zero-order chi connectivity index (χ0) is 18.4. The fraction of sp³-hybridized carbons (Fsp3) is 0.211. The monoisotopic (exact) mass is 386 g/mol. The van der Waals surface area contributed by atoms with Gasteiger partial charge in [0.05, 0.1) is 5.75 Å². The molecule has 0 atom stereocenters. The summed E-state index contributed by atoms with van der Waals surface area (Å²) >= 11 is 7.40. The van der Waals surface area contributed by atoms with Crippen molar-refractivity contribution in [2.75, 3.05) is 12.3 Å². The van der Waals surface area contributed by atoms with E-state index in [1.54, 1.807) is 0 Å². The van der Waals surface area contributed by atoms with E-state index in [1.807, 2.05) is 54.1 Å². The summed E-state index contributed by atoms with van der Waals surface area (Å²) in [5.41, 5.74) is 2.10. The average molecular weight is 387 g/mol. The highest BCUT2D eigenvalue weighted by Gasteiger charge is 2.13. The molecule has 26 heavy (non-hydrogen) atoms. The predicted molar refractivity (Wildman–Crippen MR) is 105 cm³/mol. The first-order valence-electron chi connectivity index (χ1n) is 8.22. The highest BCUT2D eigenvalue weighted by Crippen LogP contribution is 2.24. The van der Waals surface area contributed by atoms with Crippen LogP contribution in [0, 0.1) is 0 Å². The molecular weight excluding hydrogens is 368 g/mol. The Morgan fingerprint density at radius 1 is 1.15 bits per heavy atom. The highest BCUT2D eigenvalue weighted by atomic mass is 35.5. The molecule has 2 aromatic carbocycles. The maximum atomic E-state index is 12.0. The van der Waals surface area contributed by atoms with E-state index in [9.17, 15) is 4.79 Å². The van der Waals surface area contributed by atoms with E-state index in [-0.39, 0.29) is 5.91 Å². The van der Waals surface area contributed by atoms with E-state index in [0.717, 1.165) is 17.8 Å². The molecule has 0 unspecified atom stereocenters. The molecule has 0 spiro atoms. The van der Waals surface area contributed by atoms with Crippen molar-refractivity contribution in [1.29, 1.82) is 0 Å². The number of thioether (sulfide) groups is 1. The molecule has 3 aromatic rings. The Kier molecular flexibility index (Phi) is 6.30. The maximum Gasteiger partial charge on any atom is 0.230 e. The van der Waals surface area contributed by atoms with E-state index in [2.05, 4.69) is 27.6 Å². The number of rotatable bonds is 7. The van der Waals surface area contributed by atoms with Crippen LogP contribution in [0.5, 0.6) is 0 Å². The lowest BCUT2D eigenvalue weighted by atomic mass is 10.1. The lowest BCUT2D eigenvalue weighted by Gasteiger charge is -2.06.